The van der Waals surface area contributed by atoms with E-state index < -0.39 is 0 Å². The van der Waals surface area contributed by atoms with E-state index in [1.165, 1.54) is 33.6 Å². The number of benzene rings is 2. The summed E-state index contributed by atoms with van der Waals surface area (Å²) in [6.07, 6.45) is 0.965. The summed E-state index contributed by atoms with van der Waals surface area (Å²) in [5.41, 5.74) is 8.81. The first-order valence-electron chi connectivity index (χ1n) is 8.10. The maximum absolute atomic E-state index is 6.12. The SMILES string of the molecule is Cc1[nH]c2c(c1-c1nnc(-c3cccc(Cl)c3)[se]1)Cc1ccccc1-2. The van der Waals surface area contributed by atoms with Gasteiger partial charge in [-0.05, 0) is 0 Å². The molecule has 4 aromatic rings. The second-order valence-electron chi connectivity index (χ2n) is 6.24. The van der Waals surface area contributed by atoms with Gasteiger partial charge in [-0.2, -0.15) is 0 Å². The average molecular weight is 411 g/mol. The molecule has 2 aromatic carbocycles. The summed E-state index contributed by atoms with van der Waals surface area (Å²) < 4.78 is 2.14. The molecule has 25 heavy (non-hydrogen) atoms. The number of aromatic nitrogens is 3. The predicted molar refractivity (Wildman–Crippen MR) is 102 cm³/mol. The quantitative estimate of drug-likeness (QED) is 0.427. The molecule has 2 heterocycles. The van der Waals surface area contributed by atoms with E-state index in [2.05, 4.69) is 52.4 Å². The van der Waals surface area contributed by atoms with Crippen LogP contribution in [0.15, 0.2) is 48.5 Å². The standard InChI is InChI=1S/C20H14ClN3Se/c1-11-17(16-10-12-5-2-3-8-15(12)18(16)22-11)20-24-23-19(25-20)13-6-4-7-14(21)9-13/h2-9,22H,10H2,1H3. The van der Waals surface area contributed by atoms with Crippen molar-refractivity contribution in [2.45, 2.75) is 13.3 Å². The van der Waals surface area contributed by atoms with E-state index in [4.69, 9.17) is 11.6 Å². The van der Waals surface area contributed by atoms with Gasteiger partial charge in [0.2, 0.25) is 0 Å². The molecule has 0 radical (unpaired) electrons. The Balaban J connectivity index is 1.61. The van der Waals surface area contributed by atoms with Crippen LogP contribution in [-0.4, -0.2) is 29.7 Å². The second-order valence-corrected chi connectivity index (χ2v) is 8.72. The summed E-state index contributed by atoms with van der Waals surface area (Å²) >= 11 is 6.21. The van der Waals surface area contributed by atoms with Gasteiger partial charge in [0.25, 0.3) is 0 Å². The van der Waals surface area contributed by atoms with Crippen LogP contribution in [0.4, 0.5) is 0 Å². The number of fused-ring (bicyclic) bond motifs is 3. The monoisotopic (exact) mass is 411 g/mol. The number of aryl methyl sites for hydroxylation is 1. The zero-order valence-corrected chi connectivity index (χ0v) is 16.0. The number of hydrogen-bond donors (Lipinski definition) is 1. The molecule has 5 rings (SSSR count). The van der Waals surface area contributed by atoms with Crippen LogP contribution in [-0.2, 0) is 6.42 Å². The predicted octanol–water partition coefficient (Wildman–Crippen LogP) is 4.73. The van der Waals surface area contributed by atoms with Crippen molar-refractivity contribution in [2.24, 2.45) is 0 Å². The molecular formula is C20H14ClN3Se. The Morgan fingerprint density at radius 2 is 1.88 bits per heavy atom. The second kappa shape index (κ2) is 5.70. The van der Waals surface area contributed by atoms with Crippen LogP contribution in [0.25, 0.3) is 31.5 Å². The Hall–Kier alpha value is -2.13. The Morgan fingerprint density at radius 3 is 2.76 bits per heavy atom. The van der Waals surface area contributed by atoms with Crippen molar-refractivity contribution in [3.8, 4) is 31.5 Å². The molecule has 0 saturated carbocycles. The summed E-state index contributed by atoms with van der Waals surface area (Å²) in [7, 11) is 0. The van der Waals surface area contributed by atoms with Crippen molar-refractivity contribution in [3.63, 3.8) is 0 Å². The third-order valence-corrected chi connectivity index (χ3v) is 6.97. The van der Waals surface area contributed by atoms with Crippen molar-refractivity contribution < 1.29 is 0 Å². The minimum atomic E-state index is 0.0835. The van der Waals surface area contributed by atoms with Gasteiger partial charge >= 0.3 is 157 Å². The zero-order chi connectivity index (χ0) is 17.0. The molecule has 1 aliphatic rings. The van der Waals surface area contributed by atoms with E-state index in [1.807, 2.05) is 18.2 Å². The van der Waals surface area contributed by atoms with E-state index in [0.29, 0.717) is 0 Å². The molecule has 0 saturated heterocycles. The fraction of sp³-hybridized carbons (Fsp3) is 0.100. The molecule has 122 valence electrons. The third-order valence-electron chi connectivity index (χ3n) is 4.66. The third kappa shape index (κ3) is 2.41. The Bertz CT molecular complexity index is 1110. The van der Waals surface area contributed by atoms with Gasteiger partial charge in [0, 0.05) is 0 Å². The number of aromatic amines is 1. The van der Waals surface area contributed by atoms with Crippen LogP contribution in [0.1, 0.15) is 16.8 Å². The molecule has 3 nitrogen and oxygen atoms in total. The molecule has 1 N–H and O–H groups in total. The van der Waals surface area contributed by atoms with Gasteiger partial charge in [0.1, 0.15) is 0 Å². The molecule has 1 aliphatic carbocycles. The van der Waals surface area contributed by atoms with Crippen LogP contribution < -0.4 is 0 Å². The van der Waals surface area contributed by atoms with Gasteiger partial charge in [-0.3, -0.25) is 0 Å². The topological polar surface area (TPSA) is 41.6 Å². The van der Waals surface area contributed by atoms with E-state index in [0.717, 1.165) is 26.1 Å². The first kappa shape index (κ1) is 15.2. The average Bonchev–Trinajstić information content (AvgIpc) is 3.28. The molecule has 0 spiro atoms. The van der Waals surface area contributed by atoms with E-state index in [1.54, 1.807) is 0 Å². The number of rotatable bonds is 2. The number of nitrogens with one attached hydrogen (secondary N) is 1. The summed E-state index contributed by atoms with van der Waals surface area (Å²) in [4.78, 5) is 3.58. The fourth-order valence-electron chi connectivity index (χ4n) is 3.54. The first-order valence-corrected chi connectivity index (χ1v) is 10.2. The molecular weight excluding hydrogens is 397 g/mol. The minimum absolute atomic E-state index is 0.0835. The maximum atomic E-state index is 6.12. The van der Waals surface area contributed by atoms with Gasteiger partial charge < -0.3 is 0 Å². The molecule has 5 heteroatoms. The zero-order valence-electron chi connectivity index (χ0n) is 13.5. The van der Waals surface area contributed by atoms with Crippen LogP contribution in [0.3, 0.4) is 0 Å². The summed E-state index contributed by atoms with van der Waals surface area (Å²) in [6, 6.07) is 16.5. The van der Waals surface area contributed by atoms with Crippen LogP contribution in [0.5, 0.6) is 0 Å². The molecule has 0 atom stereocenters. The van der Waals surface area contributed by atoms with Crippen LogP contribution in [0, 0.1) is 6.92 Å². The van der Waals surface area contributed by atoms with Crippen molar-refractivity contribution >= 4 is 26.1 Å². The van der Waals surface area contributed by atoms with Crippen molar-refractivity contribution in [1.29, 1.82) is 0 Å². The molecule has 2 aromatic heterocycles. The van der Waals surface area contributed by atoms with Gasteiger partial charge in [-0.25, -0.2) is 0 Å². The molecule has 0 unspecified atom stereocenters. The van der Waals surface area contributed by atoms with E-state index >= 15 is 0 Å². The normalized spacial score (nSPS) is 12.2. The Morgan fingerprint density at radius 1 is 1.04 bits per heavy atom. The van der Waals surface area contributed by atoms with Crippen molar-refractivity contribution in [1.82, 2.24) is 15.2 Å². The van der Waals surface area contributed by atoms with Crippen molar-refractivity contribution in [3.05, 3.63) is 70.4 Å². The van der Waals surface area contributed by atoms with Gasteiger partial charge in [0.15, 0.2) is 0 Å². The van der Waals surface area contributed by atoms with E-state index in [9.17, 15) is 0 Å². The number of H-pyrrole nitrogens is 1. The van der Waals surface area contributed by atoms with Gasteiger partial charge in [0.05, 0.1) is 0 Å². The Kier molecular flexibility index (Phi) is 3.46. The summed E-state index contributed by atoms with van der Waals surface area (Å²) in [6.45, 7) is 2.13. The number of nitrogens with zero attached hydrogens (tertiary/aromatic N) is 2. The summed E-state index contributed by atoms with van der Waals surface area (Å²) in [5.74, 6) is 0. The molecule has 0 amide bonds. The number of hydrogen-bond acceptors (Lipinski definition) is 2. The number of halogens is 1. The van der Waals surface area contributed by atoms with E-state index in [-0.39, 0.29) is 14.5 Å². The molecule has 0 bridgehead atoms. The Labute approximate surface area is 156 Å². The first-order chi connectivity index (χ1) is 12.2. The van der Waals surface area contributed by atoms with Gasteiger partial charge in [-0.1, -0.05) is 0 Å². The molecule has 0 aliphatic heterocycles. The molecule has 0 fully saturated rings. The van der Waals surface area contributed by atoms with Crippen LogP contribution in [0.2, 0.25) is 5.02 Å². The fourth-order valence-corrected chi connectivity index (χ4v) is 5.77. The van der Waals surface area contributed by atoms with Crippen LogP contribution >= 0.6 is 11.6 Å². The van der Waals surface area contributed by atoms with Crippen molar-refractivity contribution in [2.75, 3.05) is 0 Å². The van der Waals surface area contributed by atoms with Gasteiger partial charge in [-0.15, -0.1) is 0 Å². The summed E-state index contributed by atoms with van der Waals surface area (Å²) in [5, 5.41) is 9.73.